The molecule has 1 N–H and O–H groups in total. The Balaban J connectivity index is 0.00000144. The number of aromatic nitrogens is 2. The van der Waals surface area contributed by atoms with Crippen LogP contribution in [0.2, 0.25) is 0 Å². The highest BCUT2D eigenvalue weighted by molar-refractivity contribution is 5.87. The largest absolute Gasteiger partial charge is 0.493 e. The van der Waals surface area contributed by atoms with E-state index in [2.05, 4.69) is 9.97 Å². The maximum absolute atomic E-state index is 10.7. The molecule has 0 amide bonds. The van der Waals surface area contributed by atoms with Crippen molar-refractivity contribution in [3.8, 4) is 11.6 Å². The summed E-state index contributed by atoms with van der Waals surface area (Å²) in [5, 5.41) is 20.4. The van der Waals surface area contributed by atoms with Gasteiger partial charge in [-0.15, -0.1) is 12.4 Å². The van der Waals surface area contributed by atoms with E-state index in [0.29, 0.717) is 5.52 Å². The molecule has 0 spiro atoms. The van der Waals surface area contributed by atoms with E-state index in [1.165, 1.54) is 25.6 Å². The third-order valence-electron chi connectivity index (χ3n) is 2.11. The van der Waals surface area contributed by atoms with E-state index in [9.17, 15) is 15.2 Å². The van der Waals surface area contributed by atoms with Crippen LogP contribution >= 0.6 is 12.4 Å². The third-order valence-corrected chi connectivity index (χ3v) is 2.11. The number of ether oxygens (including phenoxy) is 1. The SMILES string of the molecule is COc1cc2ncnc(O)c2cc1[N+](=O)[O-].Cl. The number of nitro benzene ring substituents is 1. The van der Waals surface area contributed by atoms with E-state index in [0.717, 1.165) is 0 Å². The lowest BCUT2D eigenvalue weighted by atomic mass is 10.2. The van der Waals surface area contributed by atoms with E-state index in [-0.39, 0.29) is 35.1 Å². The molecular weight excluding hydrogens is 250 g/mol. The smallest absolute Gasteiger partial charge is 0.311 e. The molecule has 0 radical (unpaired) electrons. The average Bonchev–Trinajstić information content (AvgIpc) is 2.27. The van der Waals surface area contributed by atoms with Crippen molar-refractivity contribution in [3.05, 3.63) is 28.6 Å². The van der Waals surface area contributed by atoms with Crippen LogP contribution < -0.4 is 4.74 Å². The van der Waals surface area contributed by atoms with E-state index in [1.54, 1.807) is 0 Å². The van der Waals surface area contributed by atoms with Crippen LogP contribution in [0.1, 0.15) is 0 Å². The van der Waals surface area contributed by atoms with Crippen LogP contribution in [0.15, 0.2) is 18.5 Å². The Labute approximate surface area is 102 Å². The van der Waals surface area contributed by atoms with Gasteiger partial charge < -0.3 is 9.84 Å². The molecule has 7 nitrogen and oxygen atoms in total. The highest BCUT2D eigenvalue weighted by Crippen LogP contribution is 2.33. The summed E-state index contributed by atoms with van der Waals surface area (Å²) in [4.78, 5) is 17.6. The van der Waals surface area contributed by atoms with Gasteiger partial charge in [-0.3, -0.25) is 10.1 Å². The van der Waals surface area contributed by atoms with Gasteiger partial charge in [0, 0.05) is 12.1 Å². The fourth-order valence-electron chi connectivity index (χ4n) is 1.37. The molecule has 0 fully saturated rings. The molecule has 0 saturated carbocycles. The molecule has 17 heavy (non-hydrogen) atoms. The molecule has 2 aromatic rings. The van der Waals surface area contributed by atoms with Crippen LogP contribution in [0.5, 0.6) is 11.6 Å². The fraction of sp³-hybridized carbons (Fsp3) is 0.111. The van der Waals surface area contributed by atoms with Gasteiger partial charge in [0.05, 0.1) is 22.9 Å². The average molecular weight is 258 g/mol. The summed E-state index contributed by atoms with van der Waals surface area (Å²) in [5.41, 5.74) is 0.148. The Morgan fingerprint density at radius 3 is 2.71 bits per heavy atom. The fourth-order valence-corrected chi connectivity index (χ4v) is 1.37. The molecule has 90 valence electrons. The number of benzene rings is 1. The number of aromatic hydroxyl groups is 1. The lowest BCUT2D eigenvalue weighted by Gasteiger charge is -2.03. The van der Waals surface area contributed by atoms with Gasteiger partial charge in [-0.05, 0) is 0 Å². The molecule has 0 saturated heterocycles. The van der Waals surface area contributed by atoms with Crippen LogP contribution in [0.25, 0.3) is 10.9 Å². The topological polar surface area (TPSA) is 98.4 Å². The van der Waals surface area contributed by atoms with Crippen molar-refractivity contribution in [1.82, 2.24) is 9.97 Å². The molecule has 0 bridgehead atoms. The van der Waals surface area contributed by atoms with Crippen molar-refractivity contribution in [1.29, 1.82) is 0 Å². The molecule has 0 unspecified atom stereocenters. The monoisotopic (exact) mass is 257 g/mol. The van der Waals surface area contributed by atoms with E-state index in [1.807, 2.05) is 0 Å². The molecule has 1 aromatic heterocycles. The van der Waals surface area contributed by atoms with Crippen molar-refractivity contribution in [3.63, 3.8) is 0 Å². The second kappa shape index (κ2) is 4.79. The van der Waals surface area contributed by atoms with Gasteiger partial charge in [-0.1, -0.05) is 0 Å². The summed E-state index contributed by atoms with van der Waals surface area (Å²) in [6.45, 7) is 0. The number of nitro groups is 1. The van der Waals surface area contributed by atoms with Crippen LogP contribution in [0.4, 0.5) is 5.69 Å². The number of hydrogen-bond donors (Lipinski definition) is 1. The number of halogens is 1. The van der Waals surface area contributed by atoms with Crippen molar-refractivity contribution in [2.75, 3.05) is 7.11 Å². The Morgan fingerprint density at radius 2 is 2.12 bits per heavy atom. The first kappa shape index (κ1) is 12.9. The quantitative estimate of drug-likeness (QED) is 0.649. The molecule has 1 aromatic carbocycles. The normalized spacial score (nSPS) is 9.71. The van der Waals surface area contributed by atoms with Crippen LogP contribution in [-0.2, 0) is 0 Å². The molecule has 1 heterocycles. The Kier molecular flexibility index (Phi) is 3.64. The molecule has 2 rings (SSSR count). The lowest BCUT2D eigenvalue weighted by molar-refractivity contribution is -0.385. The third kappa shape index (κ3) is 2.18. The second-order valence-electron chi connectivity index (χ2n) is 3.00. The van der Waals surface area contributed by atoms with Crippen LogP contribution in [0.3, 0.4) is 0 Å². The molecule has 0 aliphatic rings. The van der Waals surface area contributed by atoms with E-state index in [4.69, 9.17) is 4.74 Å². The first-order chi connectivity index (χ1) is 7.63. The molecule has 8 heteroatoms. The van der Waals surface area contributed by atoms with E-state index < -0.39 is 4.92 Å². The molecule has 0 atom stereocenters. The number of rotatable bonds is 2. The minimum atomic E-state index is -0.593. The summed E-state index contributed by atoms with van der Waals surface area (Å²) in [7, 11) is 1.33. The maximum Gasteiger partial charge on any atom is 0.311 e. The van der Waals surface area contributed by atoms with Gasteiger partial charge in [0.2, 0.25) is 5.88 Å². The standard InChI is InChI=1S/C9H7N3O4.ClH/c1-16-8-3-6-5(2-7(8)12(14)15)9(13)11-4-10-6;/h2-4H,1H3,(H,10,11,13);1H. The number of hydrogen-bond acceptors (Lipinski definition) is 6. The summed E-state index contributed by atoms with van der Waals surface area (Å²) in [6.07, 6.45) is 1.17. The van der Waals surface area contributed by atoms with Crippen molar-refractivity contribution in [2.45, 2.75) is 0 Å². The predicted octanol–water partition coefficient (Wildman–Crippen LogP) is 1.67. The van der Waals surface area contributed by atoms with Crippen molar-refractivity contribution >= 4 is 29.0 Å². The van der Waals surface area contributed by atoms with Crippen LogP contribution in [0, 0.1) is 10.1 Å². The summed E-state index contributed by atoms with van der Waals surface area (Å²) >= 11 is 0. The number of methoxy groups -OCH3 is 1. The first-order valence-corrected chi connectivity index (χ1v) is 4.29. The molecule has 0 aliphatic heterocycles. The summed E-state index contributed by atoms with van der Waals surface area (Å²) < 4.78 is 4.87. The highest BCUT2D eigenvalue weighted by Gasteiger charge is 2.17. The lowest BCUT2D eigenvalue weighted by Crippen LogP contribution is -1.95. The highest BCUT2D eigenvalue weighted by atomic mass is 35.5. The van der Waals surface area contributed by atoms with Crippen molar-refractivity contribution in [2.24, 2.45) is 0 Å². The second-order valence-corrected chi connectivity index (χ2v) is 3.00. The molecular formula is C9H8ClN3O4. The number of fused-ring (bicyclic) bond motifs is 1. The molecule has 0 aliphatic carbocycles. The first-order valence-electron chi connectivity index (χ1n) is 4.29. The Morgan fingerprint density at radius 1 is 1.41 bits per heavy atom. The Hall–Kier alpha value is -2.15. The van der Waals surface area contributed by atoms with Gasteiger partial charge in [0.15, 0.2) is 5.75 Å². The van der Waals surface area contributed by atoms with Gasteiger partial charge in [-0.2, -0.15) is 0 Å². The maximum atomic E-state index is 10.7. The minimum Gasteiger partial charge on any atom is -0.493 e. The number of nitrogens with zero attached hydrogens (tertiary/aromatic N) is 3. The van der Waals surface area contributed by atoms with Crippen LogP contribution in [-0.4, -0.2) is 27.1 Å². The van der Waals surface area contributed by atoms with Gasteiger partial charge in [0.1, 0.15) is 6.33 Å². The zero-order valence-electron chi connectivity index (χ0n) is 8.65. The van der Waals surface area contributed by atoms with Gasteiger partial charge >= 0.3 is 5.69 Å². The minimum absolute atomic E-state index is 0. The zero-order valence-corrected chi connectivity index (χ0v) is 9.47. The van der Waals surface area contributed by atoms with Crippen molar-refractivity contribution < 1.29 is 14.8 Å². The Bertz CT molecular complexity index is 575. The summed E-state index contributed by atoms with van der Waals surface area (Å²) in [5.74, 6) is -0.202. The predicted molar refractivity (Wildman–Crippen MR) is 61.7 cm³/mol. The summed E-state index contributed by atoms with van der Waals surface area (Å²) in [6, 6.07) is 2.57. The zero-order chi connectivity index (χ0) is 11.7. The van der Waals surface area contributed by atoms with Gasteiger partial charge in [-0.25, -0.2) is 9.97 Å². The van der Waals surface area contributed by atoms with Gasteiger partial charge in [0.25, 0.3) is 0 Å². The van der Waals surface area contributed by atoms with E-state index >= 15 is 0 Å².